The van der Waals surface area contributed by atoms with Gasteiger partial charge in [-0.1, -0.05) is 0 Å². The van der Waals surface area contributed by atoms with E-state index in [9.17, 15) is 0 Å². The van der Waals surface area contributed by atoms with Gasteiger partial charge >= 0.3 is 136 Å². The Morgan fingerprint density at radius 2 is 0.810 bits per heavy atom. The summed E-state index contributed by atoms with van der Waals surface area (Å²) in [4.78, 5) is 5.32. The Morgan fingerprint density at radius 3 is 1.00 bits per heavy atom. The molecule has 2 rings (SSSR count). The number of hydrogen-bond acceptors (Lipinski definition) is 0. The van der Waals surface area contributed by atoms with Crippen molar-refractivity contribution in [3.05, 3.63) is 48.6 Å². The second-order valence-corrected chi connectivity index (χ2v) is 23.3. The summed E-state index contributed by atoms with van der Waals surface area (Å²) >= 11 is -2.69. The van der Waals surface area contributed by atoms with Gasteiger partial charge in [0.2, 0.25) is 0 Å². The van der Waals surface area contributed by atoms with Gasteiger partial charge in [0.15, 0.2) is 0 Å². The maximum absolute atomic E-state index is 2.69. The molecule has 0 fully saturated rings. The molecule has 2 aliphatic rings. The Morgan fingerprint density at radius 1 is 0.571 bits per heavy atom. The molecule has 0 heterocycles. The number of rotatable bonds is 2. The van der Waals surface area contributed by atoms with E-state index in [0.29, 0.717) is 0 Å². The zero-order valence-electron chi connectivity index (χ0n) is 15.1. The van der Waals surface area contributed by atoms with Crippen LogP contribution >= 0.6 is 0 Å². The van der Waals surface area contributed by atoms with Crippen molar-refractivity contribution in [1.82, 2.24) is 0 Å². The molecule has 0 nitrogen and oxygen atoms in total. The molecule has 0 saturated heterocycles. The first-order chi connectivity index (χ1) is 9.41. The molecular formula is C20H32Sn. The summed E-state index contributed by atoms with van der Waals surface area (Å²) in [6, 6.07) is 0. The summed E-state index contributed by atoms with van der Waals surface area (Å²) in [5.74, 6) is 0. The Labute approximate surface area is 136 Å². The Kier molecular flexibility index (Phi) is 3.98. The quantitative estimate of drug-likeness (QED) is 0.470. The van der Waals surface area contributed by atoms with Crippen LogP contribution in [0.15, 0.2) is 48.6 Å². The molecule has 2 aliphatic carbocycles. The molecule has 1 heteroatoms. The van der Waals surface area contributed by atoms with Crippen LogP contribution < -0.4 is 0 Å². The molecule has 0 aromatic carbocycles. The van der Waals surface area contributed by atoms with E-state index in [1.807, 2.05) is 0 Å². The summed E-state index contributed by atoms with van der Waals surface area (Å²) in [5, 5.41) is 0. The Bertz CT molecular complexity index is 455. The zero-order valence-corrected chi connectivity index (χ0v) is 18.0. The predicted molar refractivity (Wildman–Crippen MR) is 98.3 cm³/mol. The fourth-order valence-corrected chi connectivity index (χ4v) is 23.5. The third-order valence-corrected chi connectivity index (χ3v) is 24.2. The molecule has 0 aromatic rings. The van der Waals surface area contributed by atoms with Crippen LogP contribution in [0, 0.1) is 10.8 Å². The molecule has 0 N–H and O–H groups in total. The van der Waals surface area contributed by atoms with Gasteiger partial charge in [-0.25, -0.2) is 0 Å². The van der Waals surface area contributed by atoms with E-state index < -0.39 is 18.4 Å². The minimum atomic E-state index is -2.69. The molecule has 116 valence electrons. The summed E-state index contributed by atoms with van der Waals surface area (Å²) < 4.78 is 0.516. The summed E-state index contributed by atoms with van der Waals surface area (Å²) in [6.07, 6.45) is 19.2. The maximum atomic E-state index is 2.66. The van der Waals surface area contributed by atoms with Gasteiger partial charge in [-0.2, -0.15) is 0 Å². The molecule has 0 spiro atoms. The number of allylic oxidation sites excluding steroid dienone is 8. The molecular weight excluding hydrogens is 359 g/mol. The third kappa shape index (κ3) is 2.16. The second-order valence-electron chi connectivity index (χ2n) is 9.30. The van der Waals surface area contributed by atoms with Crippen molar-refractivity contribution in [2.45, 2.75) is 58.3 Å². The fourth-order valence-electron chi connectivity index (χ4n) is 4.99. The van der Waals surface area contributed by atoms with Crippen LogP contribution in [-0.4, -0.2) is 18.4 Å². The molecule has 0 atom stereocenters. The standard InChI is InChI=1S/2C9H13.2CH3.Sn/c2*1-9(2,3)8-6-4-5-7-8;;;/h2*4-7H,1-3H3;2*1H3;. The molecule has 21 heavy (non-hydrogen) atoms. The zero-order chi connectivity index (χ0) is 16.2. The second kappa shape index (κ2) is 4.88. The van der Waals surface area contributed by atoms with E-state index in [0.717, 1.165) is 0 Å². The molecule has 0 aliphatic heterocycles. The van der Waals surface area contributed by atoms with Gasteiger partial charge in [-0.05, 0) is 0 Å². The van der Waals surface area contributed by atoms with Crippen LogP contribution in [0.3, 0.4) is 0 Å². The van der Waals surface area contributed by atoms with Crippen LogP contribution in [0.25, 0.3) is 0 Å². The van der Waals surface area contributed by atoms with Crippen LogP contribution in [0.5, 0.6) is 0 Å². The monoisotopic (exact) mass is 392 g/mol. The SMILES string of the molecule is CC(C)(C)[C]1([Sn]([CH3])([CH3])[C]2(C(C)(C)C)C=CC=C2)C=CC=C1. The van der Waals surface area contributed by atoms with E-state index in [2.05, 4.69) is 100 Å². The van der Waals surface area contributed by atoms with Crippen LogP contribution in [-0.2, 0) is 0 Å². The molecule has 0 saturated carbocycles. The van der Waals surface area contributed by atoms with Crippen molar-refractivity contribution in [3.8, 4) is 0 Å². The first kappa shape index (κ1) is 17.1. The van der Waals surface area contributed by atoms with Crippen molar-refractivity contribution < 1.29 is 0 Å². The van der Waals surface area contributed by atoms with Crippen molar-refractivity contribution in [1.29, 1.82) is 0 Å². The summed E-state index contributed by atoms with van der Waals surface area (Å²) in [6.45, 7) is 14.5. The van der Waals surface area contributed by atoms with Crippen molar-refractivity contribution >= 4 is 18.4 Å². The summed E-state index contributed by atoms with van der Waals surface area (Å²) in [5.41, 5.74) is 0.525. The van der Waals surface area contributed by atoms with E-state index in [4.69, 9.17) is 0 Å². The predicted octanol–water partition coefficient (Wildman–Crippen LogP) is 6.52. The van der Waals surface area contributed by atoms with Gasteiger partial charge in [0, 0.05) is 0 Å². The first-order valence-corrected chi connectivity index (χ1v) is 16.7. The fraction of sp³-hybridized carbons (Fsp3) is 0.600. The summed E-state index contributed by atoms with van der Waals surface area (Å²) in [7, 11) is 0. The Hall–Kier alpha value is -0.241. The van der Waals surface area contributed by atoms with Gasteiger partial charge in [0.25, 0.3) is 0 Å². The molecule has 0 aromatic heterocycles. The third-order valence-electron chi connectivity index (χ3n) is 6.21. The minimum absolute atomic E-state index is 0.258. The number of hydrogen-bond donors (Lipinski definition) is 0. The normalized spacial score (nSPS) is 23.2. The van der Waals surface area contributed by atoms with Gasteiger partial charge in [-0.15, -0.1) is 0 Å². The molecule has 0 unspecified atom stereocenters. The van der Waals surface area contributed by atoms with Crippen molar-refractivity contribution in [2.75, 3.05) is 0 Å². The average molecular weight is 391 g/mol. The van der Waals surface area contributed by atoms with Gasteiger partial charge in [-0.3, -0.25) is 0 Å². The van der Waals surface area contributed by atoms with Crippen molar-refractivity contribution in [2.24, 2.45) is 10.8 Å². The topological polar surface area (TPSA) is 0 Å². The van der Waals surface area contributed by atoms with Crippen molar-refractivity contribution in [3.63, 3.8) is 0 Å². The van der Waals surface area contributed by atoms with Crippen LogP contribution in [0.4, 0.5) is 0 Å². The molecule has 0 radical (unpaired) electrons. The molecule has 0 amide bonds. The van der Waals surface area contributed by atoms with Gasteiger partial charge < -0.3 is 0 Å². The average Bonchev–Trinajstić information content (AvgIpc) is 2.98. The van der Waals surface area contributed by atoms with Crippen LogP contribution in [0.2, 0.25) is 16.7 Å². The van der Waals surface area contributed by atoms with Crippen LogP contribution in [0.1, 0.15) is 41.5 Å². The van der Waals surface area contributed by atoms with E-state index in [1.54, 1.807) is 0 Å². The van der Waals surface area contributed by atoms with E-state index in [-0.39, 0.29) is 17.7 Å². The van der Waals surface area contributed by atoms with E-state index in [1.165, 1.54) is 0 Å². The molecule has 0 bridgehead atoms. The first-order valence-electron chi connectivity index (χ1n) is 8.15. The van der Waals surface area contributed by atoms with Gasteiger partial charge in [0.1, 0.15) is 0 Å². The van der Waals surface area contributed by atoms with E-state index >= 15 is 0 Å². The van der Waals surface area contributed by atoms with Gasteiger partial charge in [0.05, 0.1) is 0 Å². The Balaban J connectivity index is 2.70.